The van der Waals surface area contributed by atoms with Crippen LogP contribution in [0, 0.1) is 17.8 Å². The van der Waals surface area contributed by atoms with Crippen LogP contribution in [0.15, 0.2) is 48.7 Å². The second-order valence-electron chi connectivity index (χ2n) is 17.5. The van der Waals surface area contributed by atoms with Gasteiger partial charge in [0, 0.05) is 37.1 Å². The number of nitrogens with zero attached hydrogens (tertiary/aromatic N) is 4. The summed E-state index contributed by atoms with van der Waals surface area (Å²) in [5, 5.41) is 4.77. The number of likely N-dealkylation sites (tertiary alicyclic amines) is 2. The molecule has 3 N–H and O–H groups in total. The molecule has 0 spiro atoms. The van der Waals surface area contributed by atoms with Crippen LogP contribution in [0.2, 0.25) is 0 Å². The number of alkyl carbamates (subject to hydrolysis) is 1. The molecule has 14 nitrogen and oxygen atoms in total. The fourth-order valence-corrected chi connectivity index (χ4v) is 8.94. The van der Waals surface area contributed by atoms with E-state index in [2.05, 4.69) is 58.6 Å². The number of hydrogen-bond acceptors (Lipinski definition) is 9. The largest absolute Gasteiger partial charge is 0.488 e. The van der Waals surface area contributed by atoms with Gasteiger partial charge in [-0.2, -0.15) is 0 Å². The van der Waals surface area contributed by atoms with Crippen LogP contribution in [0.5, 0.6) is 5.75 Å². The van der Waals surface area contributed by atoms with Gasteiger partial charge in [-0.3, -0.25) is 9.69 Å². The highest BCUT2D eigenvalue weighted by atomic mass is 16.6. The average Bonchev–Trinajstić information content (AvgIpc) is 4.03. The molecule has 5 aromatic rings. The van der Waals surface area contributed by atoms with Crippen molar-refractivity contribution in [3.05, 3.63) is 65.9 Å². The van der Waals surface area contributed by atoms with Gasteiger partial charge in [0.15, 0.2) is 0 Å². The van der Waals surface area contributed by atoms with Gasteiger partial charge in [0.05, 0.1) is 48.7 Å². The van der Waals surface area contributed by atoms with Crippen molar-refractivity contribution in [3.63, 3.8) is 0 Å². The fraction of sp³-hybridized carbons (Fsp3) is 0.489. The lowest BCUT2D eigenvalue weighted by Crippen LogP contribution is -2.51. The lowest BCUT2D eigenvalue weighted by molar-refractivity contribution is -0.135. The topological polar surface area (TPSA) is 164 Å². The van der Waals surface area contributed by atoms with Crippen LogP contribution in [0.1, 0.15) is 90.1 Å². The molecular weight excluding hydrogens is 751 g/mol. The Labute approximate surface area is 344 Å². The molecule has 2 aromatic heterocycles. The van der Waals surface area contributed by atoms with E-state index in [-0.39, 0.29) is 41.8 Å². The molecule has 1 unspecified atom stereocenters. The first-order chi connectivity index (χ1) is 28.2. The predicted molar refractivity (Wildman–Crippen MR) is 224 cm³/mol. The first-order valence-electron chi connectivity index (χ1n) is 20.7. The monoisotopic (exact) mass is 805 g/mol. The number of carbonyl (C=O) groups excluding carboxylic acids is 3. The van der Waals surface area contributed by atoms with Gasteiger partial charge in [-0.15, -0.1) is 0 Å². The molecule has 6 atom stereocenters. The average molecular weight is 806 g/mol. The number of nitrogens with one attached hydrogen (secondary N) is 3. The van der Waals surface area contributed by atoms with Crippen molar-refractivity contribution in [1.82, 2.24) is 35.1 Å². The summed E-state index contributed by atoms with van der Waals surface area (Å²) in [4.78, 5) is 60.0. The number of ether oxygens (including phenoxy) is 4. The Kier molecular flexibility index (Phi) is 10.8. The Balaban J connectivity index is 1.05. The van der Waals surface area contributed by atoms with Crippen molar-refractivity contribution in [2.24, 2.45) is 17.8 Å². The molecule has 312 valence electrons. The van der Waals surface area contributed by atoms with Crippen LogP contribution in [0.3, 0.4) is 0 Å². The third kappa shape index (κ3) is 7.82. The summed E-state index contributed by atoms with van der Waals surface area (Å²) < 4.78 is 22.5. The zero-order valence-electron chi connectivity index (χ0n) is 35.2. The zero-order valence-corrected chi connectivity index (χ0v) is 35.2. The van der Waals surface area contributed by atoms with Crippen molar-refractivity contribution < 1.29 is 33.3 Å². The van der Waals surface area contributed by atoms with Crippen LogP contribution in [0.4, 0.5) is 9.59 Å². The highest BCUT2D eigenvalue weighted by Crippen LogP contribution is 2.44. The van der Waals surface area contributed by atoms with Crippen LogP contribution in [-0.4, -0.2) is 93.4 Å². The maximum atomic E-state index is 13.9. The SMILES string of the molecule is CC[C@H](C)[C@H](NC(=O)OC)C(=O)N1C[C@@H](C)C[C@H]1c1ncc(-c2ccc3c(c2)COc2cc4c(ccc5[nH]c([C@@H]6CC(COC)CN6C(=O)OC(C)(C)C)nc54)cc2-3)[nH]1. The molecular formula is C45H55N7O7. The number of rotatable bonds is 9. The zero-order chi connectivity index (χ0) is 41.7. The summed E-state index contributed by atoms with van der Waals surface area (Å²) in [6.07, 6.45) is 3.06. The molecule has 3 aliphatic heterocycles. The maximum Gasteiger partial charge on any atom is 0.410 e. The molecule has 59 heavy (non-hydrogen) atoms. The summed E-state index contributed by atoms with van der Waals surface area (Å²) in [7, 11) is 2.99. The van der Waals surface area contributed by atoms with Crippen molar-refractivity contribution in [2.75, 3.05) is 33.9 Å². The highest BCUT2D eigenvalue weighted by Gasteiger charge is 2.42. The van der Waals surface area contributed by atoms with E-state index in [1.807, 2.05) is 51.8 Å². The Morgan fingerprint density at radius 1 is 0.983 bits per heavy atom. The molecule has 0 saturated carbocycles. The fourth-order valence-electron chi connectivity index (χ4n) is 8.94. The Morgan fingerprint density at radius 2 is 1.78 bits per heavy atom. The number of fused-ring (bicyclic) bond motifs is 6. The van der Waals surface area contributed by atoms with E-state index in [1.165, 1.54) is 7.11 Å². The number of aromatic amines is 2. The third-order valence-corrected chi connectivity index (χ3v) is 12.1. The standard InChI is InChI=1S/C45H55N7O7/c1-9-25(3)38(50-43(54)57-8)42(53)51-20-24(2)14-35(51)40-46-19-34(48-40)28-10-12-30-29(16-28)23-58-37-18-31-27(17-32(30)37)11-13-33-39(31)49-41(47-33)36-15-26(22-56-7)21-52(36)44(55)59-45(4,5)6/h10-13,16-19,24-26,35-36,38H,9,14-15,20-23H2,1-8H3,(H,46,48)(H,47,49)(H,50,54)/t24-,25-,26?,35-,36-,38-/m0/s1. The number of carbonyl (C=O) groups is 3. The molecule has 0 bridgehead atoms. The van der Waals surface area contributed by atoms with Crippen molar-refractivity contribution >= 4 is 39.9 Å². The van der Waals surface area contributed by atoms with Crippen LogP contribution in [0.25, 0.3) is 44.2 Å². The summed E-state index contributed by atoms with van der Waals surface area (Å²) in [6.45, 7) is 13.8. The second-order valence-corrected chi connectivity index (χ2v) is 17.5. The van der Waals surface area contributed by atoms with Crippen molar-refractivity contribution in [3.8, 4) is 28.1 Å². The summed E-state index contributed by atoms with van der Waals surface area (Å²) in [5.41, 5.74) is 6.07. The summed E-state index contributed by atoms with van der Waals surface area (Å²) in [5.74, 6) is 2.47. The van der Waals surface area contributed by atoms with E-state index in [9.17, 15) is 14.4 Å². The third-order valence-electron chi connectivity index (χ3n) is 12.1. The van der Waals surface area contributed by atoms with Gasteiger partial charge in [-0.25, -0.2) is 19.6 Å². The number of imidazole rings is 2. The van der Waals surface area contributed by atoms with Gasteiger partial charge in [-0.1, -0.05) is 45.4 Å². The minimum atomic E-state index is -0.693. The van der Waals surface area contributed by atoms with E-state index in [0.29, 0.717) is 26.3 Å². The number of hydrogen-bond donors (Lipinski definition) is 3. The molecule has 3 aliphatic rings. The number of amides is 3. The number of benzene rings is 3. The van der Waals surface area contributed by atoms with Gasteiger partial charge in [-0.05, 0) is 91.8 Å². The number of methoxy groups -OCH3 is 2. The van der Waals surface area contributed by atoms with Crippen molar-refractivity contribution in [2.45, 2.75) is 91.1 Å². The molecule has 2 saturated heterocycles. The van der Waals surface area contributed by atoms with Crippen molar-refractivity contribution in [1.29, 1.82) is 0 Å². The number of H-pyrrole nitrogens is 2. The van der Waals surface area contributed by atoms with Gasteiger partial charge in [0.1, 0.15) is 35.6 Å². The predicted octanol–water partition coefficient (Wildman–Crippen LogP) is 8.29. The van der Waals surface area contributed by atoms with Crippen LogP contribution >= 0.6 is 0 Å². The van der Waals surface area contributed by atoms with E-state index in [1.54, 1.807) is 12.0 Å². The highest BCUT2D eigenvalue weighted by molar-refractivity contribution is 6.07. The number of aromatic nitrogens is 4. The van der Waals surface area contributed by atoms with E-state index < -0.39 is 17.7 Å². The Hall–Kier alpha value is -5.63. The van der Waals surface area contributed by atoms with Gasteiger partial charge in [0.25, 0.3) is 0 Å². The second kappa shape index (κ2) is 15.9. The first kappa shape index (κ1) is 40.2. The maximum absolute atomic E-state index is 13.9. The van der Waals surface area contributed by atoms with Gasteiger partial charge < -0.3 is 39.1 Å². The van der Waals surface area contributed by atoms with E-state index >= 15 is 0 Å². The quantitative estimate of drug-likeness (QED) is 0.133. The minimum Gasteiger partial charge on any atom is -0.488 e. The Morgan fingerprint density at radius 3 is 2.53 bits per heavy atom. The molecule has 0 radical (unpaired) electrons. The van der Waals surface area contributed by atoms with E-state index in [0.717, 1.165) is 86.4 Å². The molecule has 5 heterocycles. The minimum absolute atomic E-state index is 0.0690. The van der Waals surface area contributed by atoms with Crippen LogP contribution < -0.4 is 10.1 Å². The summed E-state index contributed by atoms with van der Waals surface area (Å²) >= 11 is 0. The smallest absolute Gasteiger partial charge is 0.410 e. The molecule has 0 aliphatic carbocycles. The lowest BCUT2D eigenvalue weighted by Gasteiger charge is -2.30. The molecule has 3 aromatic carbocycles. The molecule has 2 fully saturated rings. The van der Waals surface area contributed by atoms with Gasteiger partial charge >= 0.3 is 12.2 Å². The first-order valence-corrected chi connectivity index (χ1v) is 20.7. The molecule has 14 heteroatoms. The summed E-state index contributed by atoms with van der Waals surface area (Å²) in [6, 6.07) is 13.5. The van der Waals surface area contributed by atoms with E-state index in [4.69, 9.17) is 28.9 Å². The lowest BCUT2D eigenvalue weighted by atomic mass is 9.92. The molecule has 3 amide bonds. The van der Waals surface area contributed by atoms with Crippen LogP contribution in [-0.2, 0) is 25.6 Å². The molecule has 8 rings (SSSR count). The Bertz CT molecular complexity index is 2400. The van der Waals surface area contributed by atoms with Gasteiger partial charge in [0.2, 0.25) is 5.91 Å². The normalized spacial score (nSPS) is 21.2.